The van der Waals surface area contributed by atoms with Crippen LogP contribution in [0.5, 0.6) is 0 Å². The first-order chi connectivity index (χ1) is 13.5. The molecule has 28 heavy (non-hydrogen) atoms. The molecule has 0 saturated carbocycles. The number of thiophene rings is 1. The summed E-state index contributed by atoms with van der Waals surface area (Å²) in [6.07, 6.45) is 4.37. The SMILES string of the molecule is CCc1ccc(C(=O)NC(Cc2ccc(-c3ncc(Br)cn3)cc2)C(=O)O)s1. The van der Waals surface area contributed by atoms with Crippen LogP contribution in [-0.4, -0.2) is 33.0 Å². The van der Waals surface area contributed by atoms with Gasteiger partial charge in [-0.05, 0) is 40.0 Å². The number of amides is 1. The number of carboxylic acid groups (broad SMARTS) is 1. The van der Waals surface area contributed by atoms with Crippen molar-refractivity contribution in [1.82, 2.24) is 15.3 Å². The third kappa shape index (κ3) is 5.02. The van der Waals surface area contributed by atoms with Gasteiger partial charge in [-0.2, -0.15) is 0 Å². The number of carboxylic acids is 1. The number of halogens is 1. The van der Waals surface area contributed by atoms with Crippen molar-refractivity contribution in [2.75, 3.05) is 0 Å². The molecule has 1 atom stereocenters. The van der Waals surface area contributed by atoms with Crippen LogP contribution in [0.3, 0.4) is 0 Å². The van der Waals surface area contributed by atoms with E-state index in [-0.39, 0.29) is 12.3 Å². The molecule has 0 aliphatic rings. The van der Waals surface area contributed by atoms with E-state index in [1.165, 1.54) is 11.3 Å². The van der Waals surface area contributed by atoms with Crippen LogP contribution in [0.2, 0.25) is 0 Å². The number of carbonyl (C=O) groups excluding carboxylic acids is 1. The van der Waals surface area contributed by atoms with Gasteiger partial charge in [0.25, 0.3) is 5.91 Å². The quantitative estimate of drug-likeness (QED) is 0.557. The highest BCUT2D eigenvalue weighted by atomic mass is 79.9. The Labute approximate surface area is 174 Å². The molecule has 0 spiro atoms. The van der Waals surface area contributed by atoms with Gasteiger partial charge in [-0.15, -0.1) is 11.3 Å². The molecule has 3 rings (SSSR count). The summed E-state index contributed by atoms with van der Waals surface area (Å²) in [6.45, 7) is 2.01. The fourth-order valence-electron chi connectivity index (χ4n) is 2.61. The lowest BCUT2D eigenvalue weighted by molar-refractivity contribution is -0.139. The zero-order valence-electron chi connectivity index (χ0n) is 15.1. The van der Waals surface area contributed by atoms with Crippen LogP contribution in [0.1, 0.15) is 27.0 Å². The molecule has 1 aromatic carbocycles. The Hall–Kier alpha value is -2.58. The number of aryl methyl sites for hydroxylation is 1. The zero-order valence-corrected chi connectivity index (χ0v) is 17.5. The Balaban J connectivity index is 1.69. The number of rotatable bonds is 7. The van der Waals surface area contributed by atoms with Gasteiger partial charge in [-0.25, -0.2) is 14.8 Å². The Kier molecular flexibility index (Phi) is 6.53. The van der Waals surface area contributed by atoms with E-state index in [1.54, 1.807) is 18.5 Å². The van der Waals surface area contributed by atoms with Gasteiger partial charge in [0.2, 0.25) is 0 Å². The molecule has 0 fully saturated rings. The average Bonchev–Trinajstić information content (AvgIpc) is 3.18. The summed E-state index contributed by atoms with van der Waals surface area (Å²) >= 11 is 4.68. The molecule has 0 aliphatic carbocycles. The molecule has 0 radical (unpaired) electrons. The van der Waals surface area contributed by atoms with E-state index in [9.17, 15) is 14.7 Å². The molecule has 1 unspecified atom stereocenters. The second-order valence-electron chi connectivity index (χ2n) is 6.11. The van der Waals surface area contributed by atoms with Crippen molar-refractivity contribution in [1.29, 1.82) is 0 Å². The summed E-state index contributed by atoms with van der Waals surface area (Å²) in [5.41, 5.74) is 1.63. The van der Waals surface area contributed by atoms with Crippen molar-refractivity contribution < 1.29 is 14.7 Å². The summed E-state index contributed by atoms with van der Waals surface area (Å²) in [5, 5.41) is 12.1. The average molecular weight is 460 g/mol. The molecule has 0 aliphatic heterocycles. The van der Waals surface area contributed by atoms with E-state index < -0.39 is 12.0 Å². The van der Waals surface area contributed by atoms with E-state index in [4.69, 9.17) is 0 Å². The fraction of sp³-hybridized carbons (Fsp3) is 0.200. The minimum absolute atomic E-state index is 0.189. The first-order valence-electron chi connectivity index (χ1n) is 8.65. The Bertz CT molecular complexity index is 971. The number of benzene rings is 1. The van der Waals surface area contributed by atoms with Gasteiger partial charge >= 0.3 is 5.97 Å². The second-order valence-corrected chi connectivity index (χ2v) is 8.19. The topological polar surface area (TPSA) is 92.2 Å². The van der Waals surface area contributed by atoms with Crippen LogP contribution >= 0.6 is 27.3 Å². The summed E-state index contributed by atoms with van der Waals surface area (Å²) in [5.74, 6) is -0.847. The highest BCUT2D eigenvalue weighted by Gasteiger charge is 2.22. The van der Waals surface area contributed by atoms with Crippen LogP contribution in [-0.2, 0) is 17.6 Å². The van der Waals surface area contributed by atoms with Crippen LogP contribution < -0.4 is 5.32 Å². The molecular weight excluding hydrogens is 442 g/mol. The number of nitrogens with one attached hydrogen (secondary N) is 1. The van der Waals surface area contributed by atoms with Crippen LogP contribution in [0.25, 0.3) is 11.4 Å². The van der Waals surface area contributed by atoms with Gasteiger partial charge in [-0.1, -0.05) is 31.2 Å². The lowest BCUT2D eigenvalue weighted by atomic mass is 10.0. The van der Waals surface area contributed by atoms with Gasteiger partial charge in [0.15, 0.2) is 5.82 Å². The van der Waals surface area contributed by atoms with Gasteiger partial charge in [0.1, 0.15) is 6.04 Å². The Morgan fingerprint density at radius 1 is 1.14 bits per heavy atom. The third-order valence-electron chi connectivity index (χ3n) is 4.11. The number of aliphatic carboxylic acids is 1. The highest BCUT2D eigenvalue weighted by Crippen LogP contribution is 2.19. The highest BCUT2D eigenvalue weighted by molar-refractivity contribution is 9.10. The molecule has 0 bridgehead atoms. The first-order valence-corrected chi connectivity index (χ1v) is 10.3. The monoisotopic (exact) mass is 459 g/mol. The predicted molar refractivity (Wildman–Crippen MR) is 111 cm³/mol. The van der Waals surface area contributed by atoms with Gasteiger partial charge < -0.3 is 10.4 Å². The van der Waals surface area contributed by atoms with E-state index in [1.807, 2.05) is 37.3 Å². The molecule has 8 heteroatoms. The normalized spacial score (nSPS) is 11.8. The summed E-state index contributed by atoms with van der Waals surface area (Å²) in [7, 11) is 0. The van der Waals surface area contributed by atoms with Crippen LogP contribution in [0.4, 0.5) is 0 Å². The van der Waals surface area contributed by atoms with Crippen molar-refractivity contribution in [3.8, 4) is 11.4 Å². The summed E-state index contributed by atoms with van der Waals surface area (Å²) in [4.78, 5) is 34.1. The smallest absolute Gasteiger partial charge is 0.326 e. The molecule has 2 aromatic heterocycles. The minimum Gasteiger partial charge on any atom is -0.480 e. The lowest BCUT2D eigenvalue weighted by Crippen LogP contribution is -2.42. The predicted octanol–water partition coefficient (Wildman–Crippen LogP) is 3.96. The third-order valence-corrected chi connectivity index (χ3v) is 5.75. The fourth-order valence-corrected chi connectivity index (χ4v) is 3.66. The van der Waals surface area contributed by atoms with Gasteiger partial charge in [-0.3, -0.25) is 4.79 Å². The Morgan fingerprint density at radius 2 is 1.82 bits per heavy atom. The number of hydrogen-bond donors (Lipinski definition) is 2. The molecular formula is C20H18BrN3O3S. The number of aromatic nitrogens is 2. The maximum Gasteiger partial charge on any atom is 0.326 e. The standard InChI is InChI=1S/C20H18BrN3O3S/c1-2-15-7-8-17(28-15)19(25)24-16(20(26)27)9-12-3-5-13(6-4-12)18-22-10-14(21)11-23-18/h3-8,10-11,16H,2,9H2,1H3,(H,24,25)(H,26,27). The van der Waals surface area contributed by atoms with E-state index in [2.05, 4.69) is 31.2 Å². The molecule has 3 aromatic rings. The zero-order chi connectivity index (χ0) is 20.1. The number of nitrogens with zero attached hydrogens (tertiary/aromatic N) is 2. The second kappa shape index (κ2) is 9.07. The first kappa shape index (κ1) is 20.2. The molecule has 2 heterocycles. The van der Waals surface area contributed by atoms with Crippen molar-refractivity contribution in [2.24, 2.45) is 0 Å². The largest absolute Gasteiger partial charge is 0.480 e. The Morgan fingerprint density at radius 3 is 2.39 bits per heavy atom. The minimum atomic E-state index is -1.07. The molecule has 6 nitrogen and oxygen atoms in total. The van der Waals surface area contributed by atoms with Crippen LogP contribution in [0, 0.1) is 0 Å². The number of carbonyl (C=O) groups is 2. The van der Waals surface area contributed by atoms with E-state index in [0.29, 0.717) is 10.7 Å². The van der Waals surface area contributed by atoms with Crippen molar-refractivity contribution in [3.05, 3.63) is 68.6 Å². The van der Waals surface area contributed by atoms with Gasteiger partial charge in [0, 0.05) is 29.3 Å². The van der Waals surface area contributed by atoms with Crippen molar-refractivity contribution >= 4 is 39.1 Å². The molecule has 144 valence electrons. The maximum atomic E-state index is 12.4. The maximum absolute atomic E-state index is 12.4. The van der Waals surface area contributed by atoms with E-state index >= 15 is 0 Å². The van der Waals surface area contributed by atoms with E-state index in [0.717, 1.165) is 26.9 Å². The van der Waals surface area contributed by atoms with Crippen molar-refractivity contribution in [3.63, 3.8) is 0 Å². The lowest BCUT2D eigenvalue weighted by Gasteiger charge is -2.14. The summed E-state index contributed by atoms with van der Waals surface area (Å²) < 4.78 is 0.796. The molecule has 1 amide bonds. The number of hydrogen-bond acceptors (Lipinski definition) is 5. The molecule has 2 N–H and O–H groups in total. The van der Waals surface area contributed by atoms with Crippen molar-refractivity contribution in [2.45, 2.75) is 25.8 Å². The summed E-state index contributed by atoms with van der Waals surface area (Å²) in [6, 6.07) is 9.93. The van der Waals surface area contributed by atoms with Gasteiger partial charge in [0.05, 0.1) is 9.35 Å². The van der Waals surface area contributed by atoms with Crippen LogP contribution in [0.15, 0.2) is 53.3 Å². The molecule has 0 saturated heterocycles.